The van der Waals surface area contributed by atoms with Gasteiger partial charge < -0.3 is 15.5 Å². The van der Waals surface area contributed by atoms with Gasteiger partial charge in [0.1, 0.15) is 12.2 Å². The van der Waals surface area contributed by atoms with E-state index in [-0.39, 0.29) is 13.1 Å². The van der Waals surface area contributed by atoms with Crippen LogP contribution in [0.5, 0.6) is 0 Å². The molecule has 3 saturated heterocycles. The van der Waals surface area contributed by atoms with E-state index < -0.39 is 46.6 Å². The third kappa shape index (κ3) is 4.02. The van der Waals surface area contributed by atoms with Gasteiger partial charge in [-0.05, 0) is 32.2 Å². The van der Waals surface area contributed by atoms with Gasteiger partial charge >= 0.3 is 16.4 Å². The largest absolute Gasteiger partial charge is 0.418 e. The van der Waals surface area contributed by atoms with E-state index in [0.29, 0.717) is 30.9 Å². The highest BCUT2D eigenvalue weighted by atomic mass is 32.3. The van der Waals surface area contributed by atoms with Gasteiger partial charge in [0, 0.05) is 13.1 Å². The summed E-state index contributed by atoms with van der Waals surface area (Å²) in [5.41, 5.74) is 0. The summed E-state index contributed by atoms with van der Waals surface area (Å²) in [5.74, 6) is -0.463. The molecule has 0 aliphatic carbocycles. The fourth-order valence-corrected chi connectivity index (χ4v) is 3.94. The molecular formula is C13H21FN4O6S. The number of carbonyl (C=O) groups excluding carboxylic acids is 2. The average Bonchev–Trinajstić information content (AvgIpc) is 2.68. The standard InChI is InChI=1S/C13H21FN4O6S/c14-9-6-15-5-1-2-10(9)16-12(19)11-4-3-8-7-17(11)13(20)18(8)24-25(21,22)23/h8-11,15H,1-7H2,(H,16,19)(H,21,22,23)/t8-,9+,10-,11+/m1/s1. The zero-order valence-electron chi connectivity index (χ0n) is 13.4. The van der Waals surface area contributed by atoms with Gasteiger partial charge in [-0.25, -0.2) is 9.18 Å². The molecule has 142 valence electrons. The van der Waals surface area contributed by atoms with Crippen molar-refractivity contribution in [2.75, 3.05) is 19.6 Å². The Morgan fingerprint density at radius 1 is 1.36 bits per heavy atom. The van der Waals surface area contributed by atoms with Crippen molar-refractivity contribution in [1.82, 2.24) is 20.6 Å². The van der Waals surface area contributed by atoms with Crippen LogP contribution >= 0.6 is 0 Å². The highest BCUT2D eigenvalue weighted by Crippen LogP contribution is 2.31. The summed E-state index contributed by atoms with van der Waals surface area (Å²) in [6.07, 6.45) is 0.658. The molecule has 0 unspecified atom stereocenters. The lowest BCUT2D eigenvalue weighted by atomic mass is 9.99. The summed E-state index contributed by atoms with van der Waals surface area (Å²) in [6, 6.07) is -2.81. The average molecular weight is 380 g/mol. The van der Waals surface area contributed by atoms with Gasteiger partial charge in [-0.2, -0.15) is 13.5 Å². The molecule has 3 fully saturated rings. The normalized spacial score (nSPS) is 33.3. The van der Waals surface area contributed by atoms with Crippen LogP contribution in [-0.4, -0.2) is 78.8 Å². The minimum Gasteiger partial charge on any atom is -0.349 e. The summed E-state index contributed by atoms with van der Waals surface area (Å²) in [7, 11) is -4.83. The predicted molar refractivity (Wildman–Crippen MR) is 82.3 cm³/mol. The molecule has 3 rings (SSSR count). The first-order chi connectivity index (χ1) is 11.8. The van der Waals surface area contributed by atoms with Gasteiger partial charge in [0.05, 0.1) is 12.1 Å². The molecule has 3 aliphatic heterocycles. The summed E-state index contributed by atoms with van der Waals surface area (Å²) in [4.78, 5) is 26.0. The van der Waals surface area contributed by atoms with Gasteiger partial charge in [0.25, 0.3) is 0 Å². The molecule has 0 radical (unpaired) electrons. The van der Waals surface area contributed by atoms with E-state index >= 15 is 0 Å². The molecule has 0 saturated carbocycles. The number of urea groups is 1. The highest BCUT2D eigenvalue weighted by Gasteiger charge is 2.49. The predicted octanol–water partition coefficient (Wildman–Crippen LogP) is -0.804. The van der Waals surface area contributed by atoms with Crippen molar-refractivity contribution in [3.05, 3.63) is 0 Å². The van der Waals surface area contributed by atoms with Crippen molar-refractivity contribution in [1.29, 1.82) is 0 Å². The number of nitrogens with one attached hydrogen (secondary N) is 2. The molecule has 0 aromatic rings. The maximum Gasteiger partial charge on any atom is 0.418 e. The molecule has 3 heterocycles. The first-order valence-electron chi connectivity index (χ1n) is 8.18. The molecule has 0 aromatic heterocycles. The second-order valence-electron chi connectivity index (χ2n) is 6.49. The Morgan fingerprint density at radius 3 is 2.84 bits per heavy atom. The third-order valence-electron chi connectivity index (χ3n) is 4.77. The second kappa shape index (κ2) is 7.02. The Bertz CT molecular complexity index is 646. The monoisotopic (exact) mass is 380 g/mol. The Balaban J connectivity index is 1.66. The molecule has 0 spiro atoms. The summed E-state index contributed by atoms with van der Waals surface area (Å²) in [6.45, 7) is 0.957. The van der Waals surface area contributed by atoms with E-state index in [2.05, 4.69) is 14.9 Å². The molecule has 3 aliphatic rings. The summed E-state index contributed by atoms with van der Waals surface area (Å²) < 4.78 is 48.9. The number of alkyl halides is 1. The number of piperidine rings is 1. The summed E-state index contributed by atoms with van der Waals surface area (Å²) >= 11 is 0. The Hall–Kier alpha value is -1.50. The van der Waals surface area contributed by atoms with Crippen molar-refractivity contribution in [2.45, 2.75) is 50.0 Å². The van der Waals surface area contributed by atoms with Crippen LogP contribution in [0.25, 0.3) is 0 Å². The van der Waals surface area contributed by atoms with Crippen LogP contribution in [0.3, 0.4) is 0 Å². The fraction of sp³-hybridized carbons (Fsp3) is 0.846. The maximum atomic E-state index is 14.1. The third-order valence-corrected chi connectivity index (χ3v) is 5.12. The van der Waals surface area contributed by atoms with E-state index in [9.17, 15) is 22.4 Å². The van der Waals surface area contributed by atoms with Crippen LogP contribution in [0.15, 0.2) is 0 Å². The lowest BCUT2D eigenvalue weighted by Gasteiger charge is -2.31. The smallest absolute Gasteiger partial charge is 0.349 e. The Morgan fingerprint density at radius 2 is 2.12 bits per heavy atom. The van der Waals surface area contributed by atoms with Crippen molar-refractivity contribution >= 4 is 22.3 Å². The second-order valence-corrected chi connectivity index (χ2v) is 7.49. The number of carbonyl (C=O) groups is 2. The van der Waals surface area contributed by atoms with Crippen molar-refractivity contribution in [3.63, 3.8) is 0 Å². The number of fused-ring (bicyclic) bond motifs is 2. The Kier molecular flexibility index (Phi) is 5.14. The highest BCUT2D eigenvalue weighted by molar-refractivity contribution is 7.80. The van der Waals surface area contributed by atoms with E-state index in [1.807, 2.05) is 0 Å². The van der Waals surface area contributed by atoms with Gasteiger partial charge in [0.15, 0.2) is 0 Å². The minimum atomic E-state index is -4.83. The van der Waals surface area contributed by atoms with Crippen LogP contribution in [0.2, 0.25) is 0 Å². The van der Waals surface area contributed by atoms with Crippen LogP contribution in [-0.2, 0) is 19.5 Å². The molecule has 3 N–H and O–H groups in total. The van der Waals surface area contributed by atoms with Crippen LogP contribution in [0.4, 0.5) is 9.18 Å². The van der Waals surface area contributed by atoms with Gasteiger partial charge in [-0.3, -0.25) is 9.35 Å². The molecule has 2 bridgehead atoms. The summed E-state index contributed by atoms with van der Waals surface area (Å²) in [5, 5.41) is 6.20. The molecule has 10 nitrogen and oxygen atoms in total. The van der Waals surface area contributed by atoms with E-state index in [4.69, 9.17) is 4.55 Å². The van der Waals surface area contributed by atoms with E-state index in [1.165, 1.54) is 4.90 Å². The zero-order valence-corrected chi connectivity index (χ0v) is 14.2. The van der Waals surface area contributed by atoms with Crippen molar-refractivity contribution < 1.29 is 31.2 Å². The van der Waals surface area contributed by atoms with Crippen LogP contribution < -0.4 is 10.6 Å². The lowest BCUT2D eigenvalue weighted by molar-refractivity contribution is -0.127. The maximum absolute atomic E-state index is 14.1. The van der Waals surface area contributed by atoms with Gasteiger partial charge in [-0.1, -0.05) is 0 Å². The molecule has 0 aromatic carbocycles. The van der Waals surface area contributed by atoms with E-state index in [0.717, 1.165) is 6.42 Å². The minimum absolute atomic E-state index is 0.109. The Labute approximate surface area is 144 Å². The number of hydroxylamine groups is 2. The first-order valence-corrected chi connectivity index (χ1v) is 9.55. The lowest BCUT2D eigenvalue weighted by Crippen LogP contribution is -2.54. The number of halogens is 1. The number of hydrogen-bond donors (Lipinski definition) is 3. The number of nitrogens with zero attached hydrogens (tertiary/aromatic N) is 2. The van der Waals surface area contributed by atoms with Gasteiger partial charge in [-0.15, -0.1) is 4.28 Å². The topological polar surface area (TPSA) is 128 Å². The molecule has 12 heteroatoms. The van der Waals surface area contributed by atoms with Gasteiger partial charge in [0.2, 0.25) is 5.91 Å². The van der Waals surface area contributed by atoms with Crippen LogP contribution in [0, 0.1) is 0 Å². The fourth-order valence-electron chi connectivity index (χ4n) is 3.56. The molecule has 25 heavy (non-hydrogen) atoms. The number of amides is 3. The van der Waals surface area contributed by atoms with Crippen molar-refractivity contribution in [2.24, 2.45) is 0 Å². The molecule has 4 atom stereocenters. The van der Waals surface area contributed by atoms with Crippen LogP contribution in [0.1, 0.15) is 25.7 Å². The first kappa shape index (κ1) is 18.3. The molecular weight excluding hydrogens is 359 g/mol. The number of hydrogen-bond acceptors (Lipinski definition) is 6. The molecule has 3 amide bonds. The van der Waals surface area contributed by atoms with E-state index in [1.54, 1.807) is 0 Å². The quantitative estimate of drug-likeness (QED) is 0.545. The van der Waals surface area contributed by atoms with Crippen molar-refractivity contribution in [3.8, 4) is 0 Å². The number of rotatable bonds is 4. The SMILES string of the molecule is O=C(N[C@@H]1CCCNC[C@@H]1F)[C@@H]1CC[C@@H]2CN1C(=O)N2OS(=O)(=O)O. The zero-order chi connectivity index (χ0) is 18.2.